The fourth-order valence-corrected chi connectivity index (χ4v) is 3.96. The zero-order valence-corrected chi connectivity index (χ0v) is 17.0. The van der Waals surface area contributed by atoms with Crippen LogP contribution in [0.2, 0.25) is 0 Å². The molecule has 0 aromatic carbocycles. The highest BCUT2D eigenvalue weighted by molar-refractivity contribution is 5.81. The van der Waals surface area contributed by atoms with Crippen molar-refractivity contribution in [3.63, 3.8) is 0 Å². The van der Waals surface area contributed by atoms with Crippen LogP contribution in [0.1, 0.15) is 30.5 Å². The zero-order valence-electron chi connectivity index (χ0n) is 17.0. The van der Waals surface area contributed by atoms with E-state index in [0.29, 0.717) is 17.8 Å². The van der Waals surface area contributed by atoms with Gasteiger partial charge in [-0.15, -0.1) is 0 Å². The molecule has 4 heterocycles. The second-order valence-electron chi connectivity index (χ2n) is 8.03. The van der Waals surface area contributed by atoms with E-state index in [1.54, 1.807) is 30.1 Å². The summed E-state index contributed by atoms with van der Waals surface area (Å²) in [4.78, 5) is 21.7. The van der Waals surface area contributed by atoms with Crippen LogP contribution in [-0.2, 0) is 13.1 Å². The van der Waals surface area contributed by atoms with Crippen LogP contribution in [-0.4, -0.2) is 32.6 Å². The molecule has 0 saturated heterocycles. The summed E-state index contributed by atoms with van der Waals surface area (Å²) < 4.78 is 8.84. The normalized spacial score (nSPS) is 14.3. The second kappa shape index (κ2) is 7.91. The van der Waals surface area contributed by atoms with Gasteiger partial charge in [0.25, 0.3) is 5.56 Å². The molecule has 1 N–H and O–H groups in total. The minimum Gasteiger partial charge on any atom is -0.481 e. The largest absolute Gasteiger partial charge is 0.481 e. The molecule has 0 radical (unpaired) electrons. The highest BCUT2D eigenvalue weighted by atomic mass is 16.5. The molecule has 0 unspecified atom stereocenters. The third kappa shape index (κ3) is 3.68. The summed E-state index contributed by atoms with van der Waals surface area (Å²) in [6.07, 6.45) is 11.6. The standard InChI is InChI=1S/C23H25N5O2/c1-30-22-9-18-7-8-27(23(29)20(18)12-25-22)14-19-15-28-13-17(5-6-21(28)26-19)11-24-10-16-3-2-4-16/h5-9,12-13,15-16,24H,2-4,10-11,14H2,1H3. The Morgan fingerprint density at radius 2 is 2.13 bits per heavy atom. The van der Waals surface area contributed by atoms with Gasteiger partial charge < -0.3 is 19.0 Å². The Hall–Kier alpha value is -3.19. The fraction of sp³-hybridized carbons (Fsp3) is 0.348. The van der Waals surface area contributed by atoms with Crippen molar-refractivity contribution in [1.29, 1.82) is 0 Å². The van der Waals surface area contributed by atoms with Crippen LogP contribution >= 0.6 is 0 Å². The van der Waals surface area contributed by atoms with Crippen LogP contribution < -0.4 is 15.6 Å². The number of aromatic nitrogens is 4. The third-order valence-electron chi connectivity index (χ3n) is 5.93. The van der Waals surface area contributed by atoms with Crippen molar-refractivity contribution in [3.05, 3.63) is 70.7 Å². The molecule has 4 aromatic heterocycles. The minimum atomic E-state index is -0.0828. The maximum atomic E-state index is 12.8. The van der Waals surface area contributed by atoms with E-state index < -0.39 is 0 Å². The number of nitrogens with zero attached hydrogens (tertiary/aromatic N) is 4. The van der Waals surface area contributed by atoms with Crippen molar-refractivity contribution in [2.75, 3.05) is 13.7 Å². The highest BCUT2D eigenvalue weighted by Gasteiger charge is 2.16. The van der Waals surface area contributed by atoms with E-state index in [1.807, 2.05) is 22.7 Å². The molecule has 0 aliphatic heterocycles. The van der Waals surface area contributed by atoms with Crippen LogP contribution in [0, 0.1) is 5.92 Å². The molecule has 0 atom stereocenters. The van der Waals surface area contributed by atoms with Gasteiger partial charge in [0.05, 0.1) is 24.7 Å². The molecule has 0 amide bonds. The number of rotatable bonds is 7. The SMILES string of the molecule is COc1cc2ccn(Cc3cn4cc(CNCC5CCC5)ccc4n3)c(=O)c2cn1. The van der Waals surface area contributed by atoms with Crippen LogP contribution in [0.25, 0.3) is 16.4 Å². The van der Waals surface area contributed by atoms with Gasteiger partial charge in [-0.3, -0.25) is 4.79 Å². The predicted molar refractivity (Wildman–Crippen MR) is 116 cm³/mol. The number of fused-ring (bicyclic) bond motifs is 2. The lowest BCUT2D eigenvalue weighted by molar-refractivity contribution is 0.301. The quantitative estimate of drug-likeness (QED) is 0.514. The molecule has 4 aromatic rings. The lowest BCUT2D eigenvalue weighted by atomic mass is 9.85. The Kier molecular flexibility index (Phi) is 4.96. The molecule has 7 heteroatoms. The molecular weight excluding hydrogens is 378 g/mol. The van der Waals surface area contributed by atoms with Gasteiger partial charge in [0, 0.05) is 37.4 Å². The number of pyridine rings is 3. The summed E-state index contributed by atoms with van der Waals surface area (Å²) in [5.74, 6) is 1.35. The van der Waals surface area contributed by atoms with E-state index in [9.17, 15) is 4.79 Å². The summed E-state index contributed by atoms with van der Waals surface area (Å²) in [5.41, 5.74) is 2.87. The van der Waals surface area contributed by atoms with E-state index in [-0.39, 0.29) is 5.56 Å². The summed E-state index contributed by atoms with van der Waals surface area (Å²) in [7, 11) is 1.56. The first-order valence-corrected chi connectivity index (χ1v) is 10.4. The molecular formula is C23H25N5O2. The van der Waals surface area contributed by atoms with Crippen molar-refractivity contribution in [3.8, 4) is 5.88 Å². The van der Waals surface area contributed by atoms with Crippen LogP contribution in [0.4, 0.5) is 0 Å². The van der Waals surface area contributed by atoms with Crippen molar-refractivity contribution in [2.45, 2.75) is 32.4 Å². The van der Waals surface area contributed by atoms with Crippen LogP contribution in [0.3, 0.4) is 0 Å². The van der Waals surface area contributed by atoms with Crippen molar-refractivity contribution >= 4 is 16.4 Å². The van der Waals surface area contributed by atoms with E-state index in [1.165, 1.54) is 24.8 Å². The number of methoxy groups -OCH3 is 1. The fourth-order valence-electron chi connectivity index (χ4n) is 3.96. The maximum Gasteiger partial charge on any atom is 0.260 e. The number of imidazole rings is 1. The molecule has 7 nitrogen and oxygen atoms in total. The Labute approximate surface area is 174 Å². The molecule has 154 valence electrons. The Morgan fingerprint density at radius 1 is 1.23 bits per heavy atom. The average molecular weight is 403 g/mol. The van der Waals surface area contributed by atoms with Gasteiger partial charge in [0.2, 0.25) is 5.88 Å². The summed E-state index contributed by atoms with van der Waals surface area (Å²) in [5, 5.41) is 4.94. The monoisotopic (exact) mass is 403 g/mol. The number of nitrogens with one attached hydrogen (secondary N) is 1. The van der Waals surface area contributed by atoms with E-state index in [0.717, 1.165) is 35.7 Å². The predicted octanol–water partition coefficient (Wildman–Crippen LogP) is 2.99. The van der Waals surface area contributed by atoms with E-state index in [2.05, 4.69) is 27.5 Å². The van der Waals surface area contributed by atoms with Crippen molar-refractivity contribution in [1.82, 2.24) is 24.3 Å². The summed E-state index contributed by atoms with van der Waals surface area (Å²) in [6, 6.07) is 7.82. The lowest BCUT2D eigenvalue weighted by Gasteiger charge is -2.25. The summed E-state index contributed by atoms with van der Waals surface area (Å²) in [6.45, 7) is 2.37. The second-order valence-corrected chi connectivity index (χ2v) is 8.03. The summed E-state index contributed by atoms with van der Waals surface area (Å²) >= 11 is 0. The number of ether oxygens (including phenoxy) is 1. The van der Waals surface area contributed by atoms with Crippen molar-refractivity contribution in [2.24, 2.45) is 5.92 Å². The molecule has 5 rings (SSSR count). The van der Waals surface area contributed by atoms with Gasteiger partial charge >= 0.3 is 0 Å². The minimum absolute atomic E-state index is 0.0828. The number of hydrogen-bond donors (Lipinski definition) is 1. The van der Waals surface area contributed by atoms with E-state index in [4.69, 9.17) is 4.74 Å². The molecule has 0 spiro atoms. The molecule has 30 heavy (non-hydrogen) atoms. The van der Waals surface area contributed by atoms with Gasteiger partial charge in [-0.25, -0.2) is 9.97 Å². The molecule has 1 saturated carbocycles. The Morgan fingerprint density at radius 3 is 2.93 bits per heavy atom. The van der Waals surface area contributed by atoms with Gasteiger partial charge in [-0.2, -0.15) is 0 Å². The van der Waals surface area contributed by atoms with Crippen LogP contribution in [0.15, 0.2) is 53.8 Å². The Bertz CT molecular complexity index is 1260. The molecule has 1 fully saturated rings. The highest BCUT2D eigenvalue weighted by Crippen LogP contribution is 2.25. The Balaban J connectivity index is 1.34. The first-order valence-electron chi connectivity index (χ1n) is 10.4. The maximum absolute atomic E-state index is 12.8. The van der Waals surface area contributed by atoms with Gasteiger partial charge in [0.1, 0.15) is 5.65 Å². The average Bonchev–Trinajstić information content (AvgIpc) is 3.13. The third-order valence-corrected chi connectivity index (χ3v) is 5.93. The van der Waals surface area contributed by atoms with Crippen LogP contribution in [0.5, 0.6) is 5.88 Å². The van der Waals surface area contributed by atoms with Crippen molar-refractivity contribution < 1.29 is 4.74 Å². The molecule has 1 aliphatic carbocycles. The number of hydrogen-bond acceptors (Lipinski definition) is 5. The molecule has 1 aliphatic rings. The van der Waals surface area contributed by atoms with Gasteiger partial charge in [0.15, 0.2) is 0 Å². The lowest BCUT2D eigenvalue weighted by Crippen LogP contribution is -2.26. The molecule has 0 bridgehead atoms. The van der Waals surface area contributed by atoms with Gasteiger partial charge in [-0.1, -0.05) is 12.5 Å². The van der Waals surface area contributed by atoms with E-state index >= 15 is 0 Å². The first-order chi connectivity index (χ1) is 14.7. The topological polar surface area (TPSA) is 73.5 Å². The first kappa shape index (κ1) is 18.8. The zero-order chi connectivity index (χ0) is 20.5. The van der Waals surface area contributed by atoms with Gasteiger partial charge in [-0.05, 0) is 48.4 Å². The smallest absolute Gasteiger partial charge is 0.260 e.